The number of rotatable bonds is 6. The van der Waals surface area contributed by atoms with Crippen LogP contribution in [0.15, 0.2) is 47.4 Å². The molecule has 0 spiro atoms. The molecule has 26 heavy (non-hydrogen) atoms. The smallest absolute Gasteiger partial charge is 0.286 e. The molecule has 2 aromatic carbocycles. The number of carbonyl (C=O) groups excluding carboxylic acids is 1. The Balaban J connectivity index is 2.07. The molecule has 0 aliphatic carbocycles. The molecule has 0 fully saturated rings. The Morgan fingerprint density at radius 3 is 2.69 bits per heavy atom. The average molecular weight is 358 g/mol. The monoisotopic (exact) mass is 358 g/mol. The van der Waals surface area contributed by atoms with Gasteiger partial charge in [0.15, 0.2) is 23.0 Å². The van der Waals surface area contributed by atoms with Crippen molar-refractivity contribution in [3.63, 3.8) is 0 Å². The first kappa shape index (κ1) is 17.5. The maximum Gasteiger partial charge on any atom is 0.286 e. The lowest BCUT2D eigenvalue weighted by Crippen LogP contribution is -2.12. The fourth-order valence-corrected chi connectivity index (χ4v) is 2.57. The quantitative estimate of drug-likeness (QED) is 0.689. The van der Waals surface area contributed by atoms with Crippen LogP contribution in [0, 0.1) is 11.6 Å². The number of hydrogen-bond donors (Lipinski definition) is 2. The van der Waals surface area contributed by atoms with Crippen molar-refractivity contribution in [1.29, 1.82) is 0 Å². The van der Waals surface area contributed by atoms with Gasteiger partial charge >= 0.3 is 0 Å². The van der Waals surface area contributed by atoms with Crippen LogP contribution < -0.4 is 15.8 Å². The summed E-state index contributed by atoms with van der Waals surface area (Å²) in [7, 11) is 0. The second kappa shape index (κ2) is 6.87. The van der Waals surface area contributed by atoms with Crippen molar-refractivity contribution < 1.29 is 22.7 Å². The van der Waals surface area contributed by atoms with Gasteiger partial charge in [-0.25, -0.2) is 8.78 Å². The van der Waals surface area contributed by atoms with Crippen molar-refractivity contribution in [2.45, 2.75) is 6.92 Å². The number of ether oxygens (including phenoxy) is 1. The molecule has 0 aliphatic heterocycles. The third kappa shape index (κ3) is 3.11. The van der Waals surface area contributed by atoms with Gasteiger partial charge in [0, 0.05) is 16.6 Å². The number of primary amides is 1. The van der Waals surface area contributed by atoms with Crippen LogP contribution in [0.3, 0.4) is 0 Å². The van der Waals surface area contributed by atoms with Gasteiger partial charge in [-0.05, 0) is 37.3 Å². The zero-order valence-corrected chi connectivity index (χ0v) is 13.9. The van der Waals surface area contributed by atoms with Crippen molar-refractivity contribution in [2.75, 3.05) is 11.9 Å². The molecule has 7 heteroatoms. The van der Waals surface area contributed by atoms with Crippen LogP contribution in [0.5, 0.6) is 5.75 Å². The van der Waals surface area contributed by atoms with E-state index in [-0.39, 0.29) is 17.1 Å². The maximum absolute atomic E-state index is 13.5. The highest BCUT2D eigenvalue weighted by Crippen LogP contribution is 2.37. The van der Waals surface area contributed by atoms with Gasteiger partial charge in [0.05, 0.1) is 12.3 Å². The average Bonchev–Trinajstić information content (AvgIpc) is 2.97. The highest BCUT2D eigenvalue weighted by Gasteiger charge is 2.22. The standard InChI is InChI=1S/C19H16F2N2O3/c1-3-25-15-6-4-5-12-16(18(19(22)24)26-17(12)15)23-10(2)11-7-8-13(20)14(21)9-11/h4-9,23H,2-3H2,1H3,(H2,22,24). The topological polar surface area (TPSA) is 77.5 Å². The maximum atomic E-state index is 13.5. The summed E-state index contributed by atoms with van der Waals surface area (Å²) in [6.45, 7) is 6.04. The van der Waals surface area contributed by atoms with E-state index in [0.29, 0.717) is 28.9 Å². The lowest BCUT2D eigenvalue weighted by molar-refractivity contribution is 0.0977. The normalized spacial score (nSPS) is 10.7. The van der Waals surface area contributed by atoms with Crippen molar-refractivity contribution in [2.24, 2.45) is 5.73 Å². The Kier molecular flexibility index (Phi) is 4.62. The Bertz CT molecular complexity index is 1010. The molecule has 0 unspecified atom stereocenters. The number of amides is 1. The fourth-order valence-electron chi connectivity index (χ4n) is 2.57. The first-order chi connectivity index (χ1) is 12.4. The van der Waals surface area contributed by atoms with Crippen molar-refractivity contribution in [3.8, 4) is 5.75 Å². The molecule has 0 aliphatic rings. The number of nitrogens with one attached hydrogen (secondary N) is 1. The Labute approximate surface area is 148 Å². The van der Waals surface area contributed by atoms with E-state index < -0.39 is 17.5 Å². The predicted octanol–water partition coefficient (Wildman–Crippen LogP) is 4.29. The number of carbonyl (C=O) groups is 1. The van der Waals surface area contributed by atoms with Gasteiger partial charge in [-0.15, -0.1) is 0 Å². The molecule has 0 radical (unpaired) electrons. The van der Waals surface area contributed by atoms with Crippen LogP contribution in [0.2, 0.25) is 0 Å². The van der Waals surface area contributed by atoms with Crippen molar-refractivity contribution >= 4 is 28.3 Å². The first-order valence-electron chi connectivity index (χ1n) is 7.81. The van der Waals surface area contributed by atoms with E-state index in [0.717, 1.165) is 12.1 Å². The summed E-state index contributed by atoms with van der Waals surface area (Å²) in [6.07, 6.45) is 0. The second-order valence-electron chi connectivity index (χ2n) is 5.47. The highest BCUT2D eigenvalue weighted by atomic mass is 19.2. The third-order valence-electron chi connectivity index (χ3n) is 3.75. The lowest BCUT2D eigenvalue weighted by atomic mass is 10.1. The van der Waals surface area contributed by atoms with Crippen LogP contribution >= 0.6 is 0 Å². The SMILES string of the molecule is C=C(Nc1c(C(N)=O)oc2c(OCC)cccc12)c1ccc(F)c(F)c1. The van der Waals surface area contributed by atoms with E-state index in [1.54, 1.807) is 18.2 Å². The number of benzene rings is 2. The van der Waals surface area contributed by atoms with Gasteiger partial charge in [-0.3, -0.25) is 4.79 Å². The molecule has 5 nitrogen and oxygen atoms in total. The molecular weight excluding hydrogens is 342 g/mol. The van der Waals surface area contributed by atoms with E-state index in [4.69, 9.17) is 14.9 Å². The second-order valence-corrected chi connectivity index (χ2v) is 5.47. The number of para-hydroxylation sites is 1. The summed E-state index contributed by atoms with van der Waals surface area (Å²) in [5.74, 6) is -2.41. The minimum atomic E-state index is -1.00. The highest BCUT2D eigenvalue weighted by molar-refractivity contribution is 6.08. The summed E-state index contributed by atoms with van der Waals surface area (Å²) in [4.78, 5) is 11.8. The van der Waals surface area contributed by atoms with Gasteiger partial charge < -0.3 is 20.2 Å². The number of furan rings is 1. The molecule has 0 saturated heterocycles. The number of anilines is 1. The Morgan fingerprint density at radius 2 is 2.04 bits per heavy atom. The lowest BCUT2D eigenvalue weighted by Gasteiger charge is -2.10. The first-order valence-corrected chi connectivity index (χ1v) is 7.81. The van der Waals surface area contributed by atoms with E-state index >= 15 is 0 Å². The molecule has 1 aromatic heterocycles. The van der Waals surface area contributed by atoms with Gasteiger partial charge in [0.25, 0.3) is 5.91 Å². The zero-order valence-electron chi connectivity index (χ0n) is 13.9. The largest absolute Gasteiger partial charge is 0.490 e. The van der Waals surface area contributed by atoms with Crippen LogP contribution in [-0.2, 0) is 0 Å². The number of halogens is 2. The molecule has 3 rings (SSSR count). The number of fused-ring (bicyclic) bond motifs is 1. The summed E-state index contributed by atoms with van der Waals surface area (Å²) >= 11 is 0. The third-order valence-corrected chi connectivity index (χ3v) is 3.75. The molecule has 3 aromatic rings. The fraction of sp³-hybridized carbons (Fsp3) is 0.105. The zero-order chi connectivity index (χ0) is 18.8. The van der Waals surface area contributed by atoms with Gasteiger partial charge in [-0.1, -0.05) is 12.6 Å². The number of hydrogen-bond acceptors (Lipinski definition) is 4. The van der Waals surface area contributed by atoms with Crippen LogP contribution in [0.1, 0.15) is 23.0 Å². The summed E-state index contributed by atoms with van der Waals surface area (Å²) in [5, 5.41) is 3.46. The Morgan fingerprint density at radius 1 is 1.27 bits per heavy atom. The molecule has 134 valence electrons. The van der Waals surface area contributed by atoms with E-state index in [1.807, 2.05) is 6.92 Å². The molecule has 0 atom stereocenters. The molecule has 0 saturated carbocycles. The summed E-state index contributed by atoms with van der Waals surface area (Å²) in [5.41, 5.74) is 6.60. The Hall–Kier alpha value is -3.35. The minimum Gasteiger partial charge on any atom is -0.490 e. The van der Waals surface area contributed by atoms with Crippen LogP contribution in [-0.4, -0.2) is 12.5 Å². The van der Waals surface area contributed by atoms with Crippen LogP contribution in [0.25, 0.3) is 16.7 Å². The van der Waals surface area contributed by atoms with E-state index in [2.05, 4.69) is 11.9 Å². The van der Waals surface area contributed by atoms with Gasteiger partial charge in [0.2, 0.25) is 5.76 Å². The molecule has 0 bridgehead atoms. The molecule has 1 amide bonds. The van der Waals surface area contributed by atoms with Gasteiger partial charge in [-0.2, -0.15) is 0 Å². The number of nitrogens with two attached hydrogens (primary N) is 1. The van der Waals surface area contributed by atoms with Crippen LogP contribution in [0.4, 0.5) is 14.5 Å². The van der Waals surface area contributed by atoms with E-state index in [1.165, 1.54) is 6.07 Å². The molecular formula is C19H16F2N2O3. The predicted molar refractivity (Wildman–Crippen MR) is 94.9 cm³/mol. The van der Waals surface area contributed by atoms with Crippen molar-refractivity contribution in [3.05, 3.63) is 65.9 Å². The summed E-state index contributed by atoms with van der Waals surface area (Å²) in [6, 6.07) is 8.52. The minimum absolute atomic E-state index is 0.115. The van der Waals surface area contributed by atoms with E-state index in [9.17, 15) is 13.6 Å². The van der Waals surface area contributed by atoms with Crippen molar-refractivity contribution in [1.82, 2.24) is 0 Å². The van der Waals surface area contributed by atoms with Gasteiger partial charge in [0.1, 0.15) is 0 Å². The molecule has 3 N–H and O–H groups in total. The molecule has 1 heterocycles. The summed E-state index contributed by atoms with van der Waals surface area (Å²) < 4.78 is 37.7.